The average molecular weight is 344 g/mol. The Hall–Kier alpha value is -2.03. The van der Waals surface area contributed by atoms with Gasteiger partial charge in [0.1, 0.15) is 0 Å². The number of halogens is 2. The molecule has 2 nitrogen and oxygen atoms in total. The van der Waals surface area contributed by atoms with E-state index in [-0.39, 0.29) is 5.91 Å². The molecule has 23 heavy (non-hydrogen) atoms. The lowest BCUT2D eigenvalue weighted by molar-refractivity contribution is -0.116. The Labute approximate surface area is 145 Å². The third-order valence-electron chi connectivity index (χ3n) is 3.70. The fourth-order valence-corrected chi connectivity index (χ4v) is 3.09. The second-order valence-electron chi connectivity index (χ2n) is 5.31. The highest BCUT2D eigenvalue weighted by atomic mass is 35.5. The monoisotopic (exact) mass is 343 g/mol. The van der Waals surface area contributed by atoms with Gasteiger partial charge in [0, 0.05) is 22.2 Å². The summed E-state index contributed by atoms with van der Waals surface area (Å²) in [5.74, 6) is -0.0590. The summed E-state index contributed by atoms with van der Waals surface area (Å²) in [4.78, 5) is 12.1. The van der Waals surface area contributed by atoms with Gasteiger partial charge in [0.15, 0.2) is 0 Å². The third kappa shape index (κ3) is 3.84. The molecule has 0 atom stereocenters. The molecule has 3 aromatic rings. The van der Waals surface area contributed by atoms with E-state index in [0.29, 0.717) is 22.9 Å². The number of carbonyl (C=O) groups is 1. The maximum absolute atomic E-state index is 12.1. The first-order valence-electron chi connectivity index (χ1n) is 7.35. The largest absolute Gasteiger partial charge is 0.326 e. The van der Waals surface area contributed by atoms with Gasteiger partial charge in [-0.3, -0.25) is 4.79 Å². The Morgan fingerprint density at radius 3 is 2.30 bits per heavy atom. The Balaban J connectivity index is 1.66. The SMILES string of the molecule is O=C(CCc1c(Cl)cccc1Cl)Nc1ccc2ccccc2c1. The van der Waals surface area contributed by atoms with Crippen molar-refractivity contribution in [3.63, 3.8) is 0 Å². The van der Waals surface area contributed by atoms with E-state index in [4.69, 9.17) is 23.2 Å². The minimum Gasteiger partial charge on any atom is -0.326 e. The molecule has 3 aromatic carbocycles. The second-order valence-corrected chi connectivity index (χ2v) is 6.12. The van der Waals surface area contributed by atoms with Crippen molar-refractivity contribution in [2.75, 3.05) is 5.32 Å². The first-order chi connectivity index (χ1) is 11.1. The van der Waals surface area contributed by atoms with Crippen molar-refractivity contribution in [3.05, 3.63) is 76.3 Å². The molecule has 1 N–H and O–H groups in total. The zero-order valence-electron chi connectivity index (χ0n) is 12.4. The number of anilines is 1. The average Bonchev–Trinajstić information content (AvgIpc) is 2.54. The summed E-state index contributed by atoms with van der Waals surface area (Å²) in [6.07, 6.45) is 0.841. The highest BCUT2D eigenvalue weighted by Crippen LogP contribution is 2.26. The van der Waals surface area contributed by atoms with Gasteiger partial charge in [0.05, 0.1) is 0 Å². The van der Waals surface area contributed by atoms with E-state index < -0.39 is 0 Å². The van der Waals surface area contributed by atoms with Crippen molar-refractivity contribution in [3.8, 4) is 0 Å². The topological polar surface area (TPSA) is 29.1 Å². The Kier molecular flexibility index (Phi) is 4.85. The van der Waals surface area contributed by atoms with Crippen LogP contribution in [-0.2, 0) is 11.2 Å². The fraction of sp³-hybridized carbons (Fsp3) is 0.105. The van der Waals surface area contributed by atoms with Gasteiger partial charge in [0.25, 0.3) is 0 Å². The molecule has 0 saturated carbocycles. The Morgan fingerprint density at radius 2 is 1.57 bits per heavy atom. The van der Waals surface area contributed by atoms with Crippen LogP contribution >= 0.6 is 23.2 Å². The summed E-state index contributed by atoms with van der Waals surface area (Å²) < 4.78 is 0. The van der Waals surface area contributed by atoms with Crippen molar-refractivity contribution in [1.82, 2.24) is 0 Å². The standard InChI is InChI=1S/C19H15Cl2NO/c20-17-6-3-7-18(21)16(17)10-11-19(23)22-15-9-8-13-4-1-2-5-14(13)12-15/h1-9,12H,10-11H2,(H,22,23). The number of hydrogen-bond donors (Lipinski definition) is 1. The number of fused-ring (bicyclic) bond motifs is 1. The minimum absolute atomic E-state index is 0.0590. The quantitative estimate of drug-likeness (QED) is 0.644. The highest BCUT2D eigenvalue weighted by Gasteiger charge is 2.09. The molecule has 0 spiro atoms. The summed E-state index contributed by atoms with van der Waals surface area (Å²) in [5.41, 5.74) is 1.60. The zero-order valence-corrected chi connectivity index (χ0v) is 13.9. The number of benzene rings is 3. The molecule has 0 aromatic heterocycles. The Bertz CT molecular complexity index is 841. The minimum atomic E-state index is -0.0590. The van der Waals surface area contributed by atoms with Crippen LogP contribution in [0.25, 0.3) is 10.8 Å². The zero-order chi connectivity index (χ0) is 16.2. The molecular weight excluding hydrogens is 329 g/mol. The van der Waals surface area contributed by atoms with Crippen molar-refractivity contribution in [2.45, 2.75) is 12.8 Å². The Morgan fingerprint density at radius 1 is 0.870 bits per heavy atom. The number of hydrogen-bond acceptors (Lipinski definition) is 1. The maximum Gasteiger partial charge on any atom is 0.224 e. The van der Waals surface area contributed by atoms with E-state index in [9.17, 15) is 4.79 Å². The summed E-state index contributed by atoms with van der Waals surface area (Å²) in [6, 6.07) is 19.3. The normalized spacial score (nSPS) is 10.7. The molecule has 1 amide bonds. The van der Waals surface area contributed by atoms with Crippen molar-refractivity contribution in [2.24, 2.45) is 0 Å². The van der Waals surface area contributed by atoms with Gasteiger partial charge < -0.3 is 5.32 Å². The van der Waals surface area contributed by atoms with Crippen LogP contribution in [0.2, 0.25) is 10.0 Å². The molecule has 116 valence electrons. The number of amides is 1. The molecule has 3 rings (SSSR count). The van der Waals surface area contributed by atoms with Crippen molar-refractivity contribution >= 4 is 45.6 Å². The van der Waals surface area contributed by atoms with Crippen LogP contribution < -0.4 is 5.32 Å². The van der Waals surface area contributed by atoms with Crippen molar-refractivity contribution < 1.29 is 4.79 Å². The lowest BCUT2D eigenvalue weighted by atomic mass is 10.1. The lowest BCUT2D eigenvalue weighted by Crippen LogP contribution is -2.12. The molecule has 0 fully saturated rings. The lowest BCUT2D eigenvalue weighted by Gasteiger charge is -2.08. The van der Waals surface area contributed by atoms with Gasteiger partial charge in [-0.2, -0.15) is 0 Å². The smallest absolute Gasteiger partial charge is 0.224 e. The van der Waals surface area contributed by atoms with E-state index in [2.05, 4.69) is 5.32 Å². The van der Waals surface area contributed by atoms with Crippen molar-refractivity contribution in [1.29, 1.82) is 0 Å². The molecule has 0 heterocycles. The van der Waals surface area contributed by atoms with Gasteiger partial charge in [-0.1, -0.05) is 59.6 Å². The van der Waals surface area contributed by atoms with Crippen LogP contribution in [0.1, 0.15) is 12.0 Å². The molecule has 0 unspecified atom stereocenters. The van der Waals surface area contributed by atoms with Crippen LogP contribution in [0.3, 0.4) is 0 Å². The molecule has 0 saturated heterocycles. The van der Waals surface area contributed by atoms with Crippen LogP contribution in [-0.4, -0.2) is 5.91 Å². The maximum atomic E-state index is 12.1. The third-order valence-corrected chi connectivity index (χ3v) is 4.41. The summed E-state index contributed by atoms with van der Waals surface area (Å²) in [7, 11) is 0. The first kappa shape index (κ1) is 15.9. The molecule has 4 heteroatoms. The van der Waals surface area contributed by atoms with Crippen LogP contribution in [0.4, 0.5) is 5.69 Å². The van der Waals surface area contributed by atoms with Crippen LogP contribution in [0.15, 0.2) is 60.7 Å². The van der Waals surface area contributed by atoms with E-state index >= 15 is 0 Å². The first-order valence-corrected chi connectivity index (χ1v) is 8.10. The van der Waals surface area contributed by atoms with Crippen LogP contribution in [0.5, 0.6) is 0 Å². The van der Waals surface area contributed by atoms with E-state index in [1.807, 2.05) is 42.5 Å². The summed E-state index contributed by atoms with van der Waals surface area (Å²) in [5, 5.41) is 6.35. The summed E-state index contributed by atoms with van der Waals surface area (Å²) >= 11 is 12.2. The van der Waals surface area contributed by atoms with Crippen LogP contribution in [0, 0.1) is 0 Å². The molecular formula is C19H15Cl2NO. The molecule has 0 aliphatic heterocycles. The molecule has 0 aliphatic carbocycles. The van der Waals surface area contributed by atoms with Gasteiger partial charge in [-0.15, -0.1) is 0 Å². The highest BCUT2D eigenvalue weighted by molar-refractivity contribution is 6.36. The number of rotatable bonds is 4. The van der Waals surface area contributed by atoms with E-state index in [1.165, 1.54) is 0 Å². The molecule has 0 bridgehead atoms. The summed E-state index contributed by atoms with van der Waals surface area (Å²) in [6.45, 7) is 0. The van der Waals surface area contributed by atoms with Gasteiger partial charge in [-0.25, -0.2) is 0 Å². The fourth-order valence-electron chi connectivity index (χ4n) is 2.50. The number of nitrogens with one attached hydrogen (secondary N) is 1. The van der Waals surface area contributed by atoms with Gasteiger partial charge in [-0.05, 0) is 47.0 Å². The van der Waals surface area contributed by atoms with E-state index in [0.717, 1.165) is 22.0 Å². The number of carbonyl (C=O) groups excluding carboxylic acids is 1. The molecule has 0 aliphatic rings. The van der Waals surface area contributed by atoms with Gasteiger partial charge >= 0.3 is 0 Å². The predicted molar refractivity (Wildman–Crippen MR) is 97.4 cm³/mol. The van der Waals surface area contributed by atoms with E-state index in [1.54, 1.807) is 18.2 Å². The predicted octanol–water partition coefficient (Wildman–Crippen LogP) is 5.72. The second kappa shape index (κ2) is 7.03. The van der Waals surface area contributed by atoms with Gasteiger partial charge in [0.2, 0.25) is 5.91 Å². The molecule has 0 radical (unpaired) electrons.